The van der Waals surface area contributed by atoms with Crippen LogP contribution in [0.15, 0.2) is 34.1 Å². The summed E-state index contributed by atoms with van der Waals surface area (Å²) in [6.45, 7) is 2.95. The van der Waals surface area contributed by atoms with E-state index in [1.165, 1.54) is 32.0 Å². The minimum absolute atomic E-state index is 0.0544. The molecule has 0 bridgehead atoms. The second kappa shape index (κ2) is 5.88. The molecule has 0 radical (unpaired) electrons. The van der Waals surface area contributed by atoms with E-state index in [1.807, 2.05) is 0 Å². The predicted molar refractivity (Wildman–Crippen MR) is 83.3 cm³/mol. The number of aliphatic carboxylic acids is 1. The zero-order valence-corrected chi connectivity index (χ0v) is 14.5. The molecular weight excluding hydrogens is 342 g/mol. The molecule has 1 aliphatic heterocycles. The molecule has 0 amide bonds. The SMILES string of the molecule is CCS(=O)(=O)c1cccc(S(=O)(=O)N2CCC(C)(C(=O)O)C2)c1. The quantitative estimate of drug-likeness (QED) is 0.837. The molecule has 1 aromatic carbocycles. The van der Waals surface area contributed by atoms with Crippen LogP contribution in [0, 0.1) is 5.41 Å². The first-order chi connectivity index (χ1) is 10.5. The van der Waals surface area contributed by atoms with E-state index >= 15 is 0 Å². The molecule has 1 atom stereocenters. The number of hydrogen-bond donors (Lipinski definition) is 1. The van der Waals surface area contributed by atoms with E-state index in [0.29, 0.717) is 0 Å². The molecule has 128 valence electrons. The van der Waals surface area contributed by atoms with Gasteiger partial charge in [0.1, 0.15) is 0 Å². The fourth-order valence-corrected chi connectivity index (χ4v) is 5.05. The maximum atomic E-state index is 12.7. The Morgan fingerprint density at radius 1 is 1.26 bits per heavy atom. The second-order valence-electron chi connectivity index (χ2n) is 5.83. The van der Waals surface area contributed by atoms with Crippen molar-refractivity contribution in [3.8, 4) is 0 Å². The highest BCUT2D eigenvalue weighted by molar-refractivity contribution is 7.91. The van der Waals surface area contributed by atoms with Gasteiger partial charge in [-0.15, -0.1) is 0 Å². The van der Waals surface area contributed by atoms with Crippen LogP contribution in [0.4, 0.5) is 0 Å². The van der Waals surface area contributed by atoms with Crippen LogP contribution in [0.3, 0.4) is 0 Å². The molecule has 1 saturated heterocycles. The van der Waals surface area contributed by atoms with Crippen molar-refractivity contribution < 1.29 is 26.7 Å². The molecule has 7 nitrogen and oxygen atoms in total. The third-order valence-corrected chi connectivity index (χ3v) is 7.71. The van der Waals surface area contributed by atoms with E-state index in [4.69, 9.17) is 0 Å². The Bertz CT molecular complexity index is 831. The van der Waals surface area contributed by atoms with Crippen LogP contribution in [0.5, 0.6) is 0 Å². The standard InChI is InChI=1S/C14H19NO6S2/c1-3-22(18,19)11-5-4-6-12(9-11)23(20,21)15-8-7-14(2,10-15)13(16)17/h4-6,9H,3,7-8,10H2,1-2H3,(H,16,17). The molecule has 23 heavy (non-hydrogen) atoms. The van der Waals surface area contributed by atoms with Crippen molar-refractivity contribution in [2.45, 2.75) is 30.1 Å². The maximum Gasteiger partial charge on any atom is 0.310 e. The Hall–Kier alpha value is -1.45. The van der Waals surface area contributed by atoms with E-state index in [1.54, 1.807) is 0 Å². The van der Waals surface area contributed by atoms with Gasteiger partial charge in [-0.3, -0.25) is 4.79 Å². The average molecular weight is 361 g/mol. The number of benzene rings is 1. The van der Waals surface area contributed by atoms with Gasteiger partial charge in [0, 0.05) is 13.1 Å². The third kappa shape index (κ3) is 3.26. The first kappa shape index (κ1) is 17.9. The van der Waals surface area contributed by atoms with E-state index in [-0.39, 0.29) is 35.1 Å². The normalized spacial score (nSPS) is 23.0. The Morgan fingerprint density at radius 3 is 2.39 bits per heavy atom. The smallest absolute Gasteiger partial charge is 0.310 e. The molecule has 0 spiro atoms. The minimum Gasteiger partial charge on any atom is -0.481 e. The molecule has 1 aromatic rings. The van der Waals surface area contributed by atoms with Gasteiger partial charge in [0.15, 0.2) is 9.84 Å². The number of nitrogens with zero attached hydrogens (tertiary/aromatic N) is 1. The third-order valence-electron chi connectivity index (χ3n) is 4.14. The van der Waals surface area contributed by atoms with Gasteiger partial charge in [-0.1, -0.05) is 13.0 Å². The zero-order chi connectivity index (χ0) is 17.5. The van der Waals surface area contributed by atoms with Crippen LogP contribution in [0.25, 0.3) is 0 Å². The predicted octanol–water partition coefficient (Wildman–Crippen LogP) is 0.966. The fraction of sp³-hybridized carbons (Fsp3) is 0.500. The zero-order valence-electron chi connectivity index (χ0n) is 12.9. The van der Waals surface area contributed by atoms with Crippen molar-refractivity contribution in [1.29, 1.82) is 0 Å². The lowest BCUT2D eigenvalue weighted by Crippen LogP contribution is -2.34. The van der Waals surface area contributed by atoms with Gasteiger partial charge in [0.05, 0.1) is 21.0 Å². The van der Waals surface area contributed by atoms with Crippen LogP contribution < -0.4 is 0 Å². The lowest BCUT2D eigenvalue weighted by molar-refractivity contribution is -0.146. The van der Waals surface area contributed by atoms with Gasteiger partial charge in [-0.05, 0) is 31.5 Å². The van der Waals surface area contributed by atoms with Gasteiger partial charge in [-0.2, -0.15) is 4.31 Å². The van der Waals surface area contributed by atoms with Gasteiger partial charge >= 0.3 is 5.97 Å². The highest BCUT2D eigenvalue weighted by Gasteiger charge is 2.44. The maximum absolute atomic E-state index is 12.7. The molecule has 1 aliphatic rings. The summed E-state index contributed by atoms with van der Waals surface area (Å²) < 4.78 is 50.2. The van der Waals surface area contributed by atoms with Gasteiger partial charge in [0.2, 0.25) is 10.0 Å². The van der Waals surface area contributed by atoms with Crippen LogP contribution in [0.1, 0.15) is 20.3 Å². The lowest BCUT2D eigenvalue weighted by Gasteiger charge is -2.20. The number of hydrogen-bond acceptors (Lipinski definition) is 5. The monoisotopic (exact) mass is 361 g/mol. The van der Waals surface area contributed by atoms with Crippen molar-refractivity contribution in [3.63, 3.8) is 0 Å². The van der Waals surface area contributed by atoms with E-state index in [0.717, 1.165) is 10.4 Å². The summed E-state index contributed by atoms with van der Waals surface area (Å²) in [5.41, 5.74) is -1.12. The van der Waals surface area contributed by atoms with Crippen LogP contribution in [-0.4, -0.2) is 51.1 Å². The Morgan fingerprint density at radius 2 is 1.87 bits per heavy atom. The summed E-state index contributed by atoms with van der Waals surface area (Å²) in [5.74, 6) is -1.17. The topological polar surface area (TPSA) is 109 Å². The van der Waals surface area contributed by atoms with Gasteiger partial charge in [-0.25, -0.2) is 16.8 Å². The first-order valence-corrected chi connectivity index (χ1v) is 10.2. The molecular formula is C14H19NO6S2. The Labute approximate surface area is 135 Å². The number of sulfonamides is 1. The van der Waals surface area contributed by atoms with Crippen molar-refractivity contribution >= 4 is 25.8 Å². The summed E-state index contributed by atoms with van der Waals surface area (Å²) >= 11 is 0. The molecule has 0 aromatic heterocycles. The van der Waals surface area contributed by atoms with E-state index in [2.05, 4.69) is 0 Å². The second-order valence-corrected chi connectivity index (χ2v) is 10.0. The van der Waals surface area contributed by atoms with Crippen molar-refractivity contribution in [3.05, 3.63) is 24.3 Å². The van der Waals surface area contributed by atoms with Gasteiger partial charge < -0.3 is 5.11 Å². The number of carboxylic acids is 1. The molecule has 0 saturated carbocycles. The first-order valence-electron chi connectivity index (χ1n) is 7.09. The largest absolute Gasteiger partial charge is 0.481 e. The molecule has 1 fully saturated rings. The Balaban J connectivity index is 2.39. The van der Waals surface area contributed by atoms with Crippen LogP contribution >= 0.6 is 0 Å². The van der Waals surface area contributed by atoms with Crippen LogP contribution in [0.2, 0.25) is 0 Å². The molecule has 9 heteroatoms. The van der Waals surface area contributed by atoms with Crippen molar-refractivity contribution in [1.82, 2.24) is 4.31 Å². The highest BCUT2D eigenvalue weighted by atomic mass is 32.2. The summed E-state index contributed by atoms with van der Waals surface area (Å²) in [4.78, 5) is 11.1. The average Bonchev–Trinajstić information content (AvgIpc) is 2.92. The highest BCUT2D eigenvalue weighted by Crippen LogP contribution is 2.34. The van der Waals surface area contributed by atoms with E-state index < -0.39 is 31.2 Å². The summed E-state index contributed by atoms with van der Waals surface area (Å²) in [6, 6.07) is 5.18. The lowest BCUT2D eigenvalue weighted by atomic mass is 9.90. The number of carbonyl (C=O) groups is 1. The number of sulfone groups is 1. The van der Waals surface area contributed by atoms with E-state index in [9.17, 15) is 26.7 Å². The fourth-order valence-electron chi connectivity index (χ4n) is 2.44. The molecule has 2 rings (SSSR count). The molecule has 1 N–H and O–H groups in total. The van der Waals surface area contributed by atoms with Crippen molar-refractivity contribution in [2.24, 2.45) is 5.41 Å². The minimum atomic E-state index is -3.93. The van der Waals surface area contributed by atoms with Gasteiger partial charge in [0.25, 0.3) is 0 Å². The molecule has 0 aliphatic carbocycles. The number of rotatable bonds is 5. The summed E-state index contributed by atoms with van der Waals surface area (Å²) in [5, 5.41) is 9.21. The summed E-state index contributed by atoms with van der Waals surface area (Å²) in [6.07, 6.45) is 0.217. The van der Waals surface area contributed by atoms with Crippen LogP contribution in [-0.2, 0) is 24.7 Å². The number of carboxylic acid groups (broad SMARTS) is 1. The molecule has 1 unspecified atom stereocenters. The Kier molecular flexibility index (Phi) is 4.57. The summed E-state index contributed by atoms with van der Waals surface area (Å²) in [7, 11) is -7.45. The molecule has 1 heterocycles. The van der Waals surface area contributed by atoms with Crippen molar-refractivity contribution in [2.75, 3.05) is 18.8 Å².